The minimum atomic E-state index is -0.304. The molecule has 4 rings (SSSR count). The lowest BCUT2D eigenvalue weighted by Gasteiger charge is -2.05. The van der Waals surface area contributed by atoms with Gasteiger partial charge in [0.05, 0.1) is 10.9 Å². The summed E-state index contributed by atoms with van der Waals surface area (Å²) >= 11 is 0. The second-order valence-electron chi connectivity index (χ2n) is 4.96. The van der Waals surface area contributed by atoms with Gasteiger partial charge in [-0.25, -0.2) is 4.79 Å². The zero-order valence-electron chi connectivity index (χ0n) is 10.9. The van der Waals surface area contributed by atoms with Crippen LogP contribution in [0.25, 0.3) is 32.6 Å². The zero-order chi connectivity index (χ0) is 13.7. The first-order valence-corrected chi connectivity index (χ1v) is 6.45. The molecule has 3 nitrogen and oxygen atoms in total. The van der Waals surface area contributed by atoms with Gasteiger partial charge in [-0.1, -0.05) is 29.8 Å². The predicted molar refractivity (Wildman–Crippen MR) is 80.0 cm³/mol. The molecule has 0 bridgehead atoms. The monoisotopic (exact) mass is 261 g/mol. The van der Waals surface area contributed by atoms with E-state index in [2.05, 4.69) is 4.98 Å². The Labute approximate surface area is 114 Å². The third-order valence-corrected chi connectivity index (χ3v) is 3.61. The van der Waals surface area contributed by atoms with Gasteiger partial charge >= 0.3 is 5.63 Å². The molecular weight excluding hydrogens is 250 g/mol. The maximum Gasteiger partial charge on any atom is 0.344 e. The Morgan fingerprint density at radius 1 is 0.950 bits per heavy atom. The molecule has 0 aliphatic heterocycles. The smallest absolute Gasteiger partial charge is 0.344 e. The topological polar surface area (TPSA) is 43.1 Å². The molecule has 2 aromatic carbocycles. The van der Waals surface area contributed by atoms with Crippen molar-refractivity contribution in [3.63, 3.8) is 0 Å². The predicted octanol–water partition coefficient (Wildman–Crippen LogP) is 3.80. The first-order chi connectivity index (χ1) is 9.74. The van der Waals surface area contributed by atoms with Crippen LogP contribution in [0.4, 0.5) is 0 Å². The highest BCUT2D eigenvalue weighted by Crippen LogP contribution is 2.28. The lowest BCUT2D eigenvalue weighted by Crippen LogP contribution is -2.00. The summed E-state index contributed by atoms with van der Waals surface area (Å²) in [4.78, 5) is 16.6. The second-order valence-corrected chi connectivity index (χ2v) is 4.96. The van der Waals surface area contributed by atoms with Crippen molar-refractivity contribution >= 4 is 32.6 Å². The van der Waals surface area contributed by atoms with Gasteiger partial charge in [-0.15, -0.1) is 0 Å². The zero-order valence-corrected chi connectivity index (χ0v) is 10.9. The summed E-state index contributed by atoms with van der Waals surface area (Å²) in [5, 5.41) is 3.23. The van der Waals surface area contributed by atoms with Gasteiger partial charge in [0.25, 0.3) is 0 Å². The molecule has 0 unspecified atom stereocenters. The summed E-state index contributed by atoms with van der Waals surface area (Å²) < 4.78 is 5.55. The third-order valence-electron chi connectivity index (χ3n) is 3.61. The fourth-order valence-electron chi connectivity index (χ4n) is 2.63. The summed E-state index contributed by atoms with van der Waals surface area (Å²) in [6.45, 7) is 2.01. The van der Waals surface area contributed by atoms with Gasteiger partial charge in [0, 0.05) is 22.4 Å². The molecular formula is C17H11NO2. The van der Waals surface area contributed by atoms with E-state index in [1.54, 1.807) is 12.3 Å². The molecule has 96 valence electrons. The van der Waals surface area contributed by atoms with Crippen LogP contribution in [0.1, 0.15) is 5.56 Å². The Morgan fingerprint density at radius 2 is 1.75 bits per heavy atom. The van der Waals surface area contributed by atoms with Crippen molar-refractivity contribution in [3.05, 3.63) is 64.6 Å². The maximum atomic E-state index is 12.1. The van der Waals surface area contributed by atoms with Crippen LogP contribution in [-0.4, -0.2) is 4.98 Å². The normalized spacial score (nSPS) is 11.4. The first-order valence-electron chi connectivity index (χ1n) is 6.45. The molecule has 2 heterocycles. The van der Waals surface area contributed by atoms with Crippen LogP contribution in [0.3, 0.4) is 0 Å². The molecule has 0 aliphatic carbocycles. The highest BCUT2D eigenvalue weighted by Gasteiger charge is 2.10. The average molecular weight is 261 g/mol. The standard InChI is InChI=1S/C17H11NO2/c1-10-6-7-15-13(8-10)16-14(9-18-15)11-4-2-3-5-12(11)17(19)20-16/h2-9H,1H3. The van der Waals surface area contributed by atoms with E-state index >= 15 is 0 Å². The SMILES string of the molecule is Cc1ccc2ncc3c4ccccc4c(=O)oc3c2c1. The lowest BCUT2D eigenvalue weighted by atomic mass is 10.1. The van der Waals surface area contributed by atoms with Gasteiger partial charge in [0.1, 0.15) is 5.58 Å². The summed E-state index contributed by atoms with van der Waals surface area (Å²) in [6.07, 6.45) is 1.78. The van der Waals surface area contributed by atoms with Crippen LogP contribution >= 0.6 is 0 Å². The van der Waals surface area contributed by atoms with Crippen LogP contribution in [0.15, 0.2) is 57.9 Å². The molecule has 2 aromatic heterocycles. The molecule has 0 amide bonds. The van der Waals surface area contributed by atoms with Gasteiger partial charge in [-0.2, -0.15) is 0 Å². The van der Waals surface area contributed by atoms with Crippen LogP contribution in [0.5, 0.6) is 0 Å². The van der Waals surface area contributed by atoms with Crippen molar-refractivity contribution in [2.24, 2.45) is 0 Å². The van der Waals surface area contributed by atoms with Crippen molar-refractivity contribution in [2.45, 2.75) is 6.92 Å². The van der Waals surface area contributed by atoms with Crippen molar-refractivity contribution in [1.82, 2.24) is 4.98 Å². The number of aryl methyl sites for hydroxylation is 1. The molecule has 0 aliphatic rings. The Bertz CT molecular complexity index is 1030. The van der Waals surface area contributed by atoms with Crippen molar-refractivity contribution in [1.29, 1.82) is 0 Å². The number of hydrogen-bond acceptors (Lipinski definition) is 3. The fraction of sp³-hybridized carbons (Fsp3) is 0.0588. The van der Waals surface area contributed by atoms with Crippen LogP contribution in [0, 0.1) is 6.92 Å². The van der Waals surface area contributed by atoms with E-state index in [1.165, 1.54) is 0 Å². The van der Waals surface area contributed by atoms with Gasteiger partial charge in [0.15, 0.2) is 0 Å². The average Bonchev–Trinajstić information content (AvgIpc) is 2.47. The molecule has 0 N–H and O–H groups in total. The Hall–Kier alpha value is -2.68. The highest BCUT2D eigenvalue weighted by molar-refractivity contribution is 6.12. The maximum absolute atomic E-state index is 12.1. The Morgan fingerprint density at radius 3 is 2.60 bits per heavy atom. The van der Waals surface area contributed by atoms with Crippen molar-refractivity contribution in [3.8, 4) is 0 Å². The molecule has 0 spiro atoms. The molecule has 20 heavy (non-hydrogen) atoms. The second kappa shape index (κ2) is 3.90. The summed E-state index contributed by atoms with van der Waals surface area (Å²) in [6, 6.07) is 13.4. The number of pyridine rings is 1. The molecule has 4 aromatic rings. The first kappa shape index (κ1) is 11.2. The largest absolute Gasteiger partial charge is 0.421 e. The van der Waals surface area contributed by atoms with E-state index in [9.17, 15) is 4.79 Å². The van der Waals surface area contributed by atoms with Crippen LogP contribution in [-0.2, 0) is 0 Å². The number of benzene rings is 2. The quantitative estimate of drug-likeness (QED) is 0.452. The van der Waals surface area contributed by atoms with E-state index in [0.29, 0.717) is 11.0 Å². The lowest BCUT2D eigenvalue weighted by molar-refractivity contribution is 0.572. The molecule has 0 atom stereocenters. The van der Waals surface area contributed by atoms with Crippen molar-refractivity contribution < 1.29 is 4.42 Å². The minimum absolute atomic E-state index is 0.304. The van der Waals surface area contributed by atoms with Crippen LogP contribution < -0.4 is 5.63 Å². The molecule has 3 heteroatoms. The Kier molecular flexibility index (Phi) is 2.18. The van der Waals surface area contributed by atoms with E-state index in [4.69, 9.17) is 4.42 Å². The number of fused-ring (bicyclic) bond motifs is 5. The highest BCUT2D eigenvalue weighted by atomic mass is 16.4. The van der Waals surface area contributed by atoms with E-state index < -0.39 is 0 Å². The Balaban J connectivity index is 2.35. The van der Waals surface area contributed by atoms with Gasteiger partial charge in [-0.3, -0.25) is 4.98 Å². The number of aromatic nitrogens is 1. The molecule has 0 fully saturated rings. The molecule has 0 radical (unpaired) electrons. The van der Waals surface area contributed by atoms with Gasteiger partial charge < -0.3 is 4.42 Å². The number of nitrogens with zero attached hydrogens (tertiary/aromatic N) is 1. The molecule has 0 saturated carbocycles. The summed E-state index contributed by atoms with van der Waals surface area (Å²) in [5.41, 5.74) is 2.26. The van der Waals surface area contributed by atoms with Gasteiger partial charge in [0.2, 0.25) is 0 Å². The fourth-order valence-corrected chi connectivity index (χ4v) is 2.63. The van der Waals surface area contributed by atoms with Gasteiger partial charge in [-0.05, 0) is 25.1 Å². The van der Waals surface area contributed by atoms with E-state index in [-0.39, 0.29) is 5.63 Å². The van der Waals surface area contributed by atoms with E-state index in [0.717, 1.165) is 27.2 Å². The number of hydrogen-bond donors (Lipinski definition) is 0. The third kappa shape index (κ3) is 1.46. The van der Waals surface area contributed by atoms with Crippen LogP contribution in [0.2, 0.25) is 0 Å². The molecule has 0 saturated heterocycles. The minimum Gasteiger partial charge on any atom is -0.421 e. The summed E-state index contributed by atoms with van der Waals surface area (Å²) in [7, 11) is 0. The summed E-state index contributed by atoms with van der Waals surface area (Å²) in [5.74, 6) is 0. The van der Waals surface area contributed by atoms with Crippen molar-refractivity contribution in [2.75, 3.05) is 0 Å². The number of rotatable bonds is 0. The van der Waals surface area contributed by atoms with E-state index in [1.807, 2.05) is 43.3 Å².